The van der Waals surface area contributed by atoms with E-state index in [1.165, 1.54) is 6.26 Å². The Morgan fingerprint density at radius 3 is 2.66 bits per heavy atom. The third-order valence-electron chi connectivity index (χ3n) is 7.63. The number of hydrogen-bond donors (Lipinski definition) is 4. The number of nitrogens with two attached hydrogens (primary N) is 1. The number of sulfone groups is 1. The fourth-order valence-corrected chi connectivity index (χ4v) is 6.59. The van der Waals surface area contributed by atoms with Gasteiger partial charge in [-0.15, -0.1) is 0 Å². The average molecular weight is 585 g/mol. The van der Waals surface area contributed by atoms with Gasteiger partial charge in [0.25, 0.3) is 6.43 Å². The molecule has 5 rings (SSSR count). The molecular weight excluding hydrogens is 550 g/mol. The van der Waals surface area contributed by atoms with Gasteiger partial charge >= 0.3 is 0 Å². The summed E-state index contributed by atoms with van der Waals surface area (Å²) in [5.41, 5.74) is 9.32. The first kappa shape index (κ1) is 28.8. The quantitative estimate of drug-likeness (QED) is 0.273. The van der Waals surface area contributed by atoms with Crippen LogP contribution in [0, 0.1) is 11.3 Å². The molecule has 2 saturated heterocycles. The molecule has 3 atom stereocenters. The Morgan fingerprint density at radius 2 is 2.02 bits per heavy atom. The van der Waals surface area contributed by atoms with Crippen LogP contribution in [0.3, 0.4) is 0 Å². The first-order chi connectivity index (χ1) is 19.4. The van der Waals surface area contributed by atoms with E-state index in [2.05, 4.69) is 45.5 Å². The predicted octanol–water partition coefficient (Wildman–Crippen LogP) is 4.04. The van der Waals surface area contributed by atoms with E-state index < -0.39 is 28.5 Å². The number of hydrogen-bond acceptors (Lipinski definition) is 10. The molecule has 0 saturated carbocycles. The van der Waals surface area contributed by atoms with Gasteiger partial charge in [-0.2, -0.15) is 0 Å². The standard InChI is InChI=1S/C28H34F2N8O2S/c1-15(2)17-4-7-23(38-13-16(27(38)32)14-41(3,39)40)20-12-34-25(10-18(17)20)36-24-8-9-33-28(37-24)19(11-31)21-5-6-22(35-21)26(29)30/h4,7-12,15-16,22,26-27,31,35H,5-6,13-14,32H2,1-3H3,(H,33,34,36,37)/b21-19+,31-11?/t16-,22+,27+/m1/s1. The monoisotopic (exact) mass is 584 g/mol. The number of pyridine rings is 1. The highest BCUT2D eigenvalue weighted by Gasteiger charge is 2.39. The number of benzene rings is 1. The highest BCUT2D eigenvalue weighted by atomic mass is 32.2. The van der Waals surface area contributed by atoms with Gasteiger partial charge in [-0.3, -0.25) is 0 Å². The lowest BCUT2D eigenvalue weighted by molar-refractivity contribution is 0.109. The summed E-state index contributed by atoms with van der Waals surface area (Å²) in [4.78, 5) is 15.4. The second-order valence-corrected chi connectivity index (χ2v) is 13.2. The molecule has 3 aromatic rings. The van der Waals surface area contributed by atoms with Crippen molar-refractivity contribution in [3.8, 4) is 0 Å². The van der Waals surface area contributed by atoms with Crippen LogP contribution in [-0.4, -0.2) is 66.8 Å². The van der Waals surface area contributed by atoms with Crippen molar-refractivity contribution in [3.63, 3.8) is 0 Å². The maximum atomic E-state index is 13.1. The zero-order valence-corrected chi connectivity index (χ0v) is 23.9. The second-order valence-electron chi connectivity index (χ2n) is 11.0. The molecular formula is C28H34F2N8O2S. The topological polar surface area (TPSA) is 150 Å². The first-order valence-electron chi connectivity index (χ1n) is 13.5. The van der Waals surface area contributed by atoms with Crippen LogP contribution in [0.25, 0.3) is 16.3 Å². The van der Waals surface area contributed by atoms with Crippen molar-refractivity contribution in [2.24, 2.45) is 11.7 Å². The molecule has 218 valence electrons. The Balaban J connectivity index is 1.43. The van der Waals surface area contributed by atoms with Crippen molar-refractivity contribution in [2.45, 2.75) is 51.2 Å². The summed E-state index contributed by atoms with van der Waals surface area (Å²) in [6.07, 6.45) is 3.41. The smallest absolute Gasteiger partial charge is 0.258 e. The highest BCUT2D eigenvalue weighted by molar-refractivity contribution is 7.90. The summed E-state index contributed by atoms with van der Waals surface area (Å²) in [7, 11) is -3.13. The Morgan fingerprint density at radius 1 is 1.24 bits per heavy atom. The summed E-state index contributed by atoms with van der Waals surface area (Å²) in [6.45, 7) is 4.77. The third-order valence-corrected chi connectivity index (χ3v) is 8.66. The summed E-state index contributed by atoms with van der Waals surface area (Å²) in [6, 6.07) is 6.75. The minimum absolute atomic E-state index is 0.0547. The zero-order chi connectivity index (χ0) is 29.5. The van der Waals surface area contributed by atoms with Crippen LogP contribution in [0.1, 0.15) is 44.0 Å². The molecule has 4 heterocycles. The van der Waals surface area contributed by atoms with Crippen LogP contribution < -0.4 is 21.3 Å². The molecule has 0 unspecified atom stereocenters. The molecule has 0 radical (unpaired) electrons. The van der Waals surface area contributed by atoms with Gasteiger partial charge in [-0.25, -0.2) is 32.2 Å². The van der Waals surface area contributed by atoms with Gasteiger partial charge in [0.2, 0.25) is 0 Å². The molecule has 1 aromatic carbocycles. The lowest BCUT2D eigenvalue weighted by Crippen LogP contribution is -2.63. The molecule has 13 heteroatoms. The number of nitrogens with one attached hydrogen (secondary N) is 3. The number of anilines is 3. The molecule has 0 spiro atoms. The van der Waals surface area contributed by atoms with Crippen LogP contribution in [0.15, 0.2) is 42.4 Å². The second kappa shape index (κ2) is 11.3. The van der Waals surface area contributed by atoms with Crippen LogP contribution >= 0.6 is 0 Å². The minimum Gasteiger partial charge on any atom is -0.379 e. The van der Waals surface area contributed by atoms with Gasteiger partial charge in [0.05, 0.1) is 23.5 Å². The number of aromatic nitrogens is 3. The van der Waals surface area contributed by atoms with E-state index in [1.807, 2.05) is 17.0 Å². The van der Waals surface area contributed by atoms with E-state index >= 15 is 0 Å². The van der Waals surface area contributed by atoms with E-state index in [-0.39, 0.29) is 29.8 Å². The summed E-state index contributed by atoms with van der Waals surface area (Å²) >= 11 is 0. The van der Waals surface area contributed by atoms with Gasteiger partial charge in [-0.1, -0.05) is 19.9 Å². The van der Waals surface area contributed by atoms with E-state index in [0.717, 1.165) is 28.2 Å². The number of alkyl halides is 2. The number of fused-ring (bicyclic) bond motifs is 1. The van der Waals surface area contributed by atoms with Gasteiger partial charge < -0.3 is 26.7 Å². The van der Waals surface area contributed by atoms with Crippen molar-refractivity contribution in [1.82, 2.24) is 20.3 Å². The largest absolute Gasteiger partial charge is 0.379 e. The van der Waals surface area contributed by atoms with Crippen molar-refractivity contribution >= 4 is 49.7 Å². The lowest BCUT2D eigenvalue weighted by Gasteiger charge is -2.47. The van der Waals surface area contributed by atoms with Gasteiger partial charge in [0.15, 0.2) is 5.82 Å². The van der Waals surface area contributed by atoms with Gasteiger partial charge in [0.1, 0.15) is 21.5 Å². The van der Waals surface area contributed by atoms with Crippen LogP contribution in [0.4, 0.5) is 26.1 Å². The summed E-state index contributed by atoms with van der Waals surface area (Å²) < 4.78 is 49.8. The molecule has 0 amide bonds. The van der Waals surface area contributed by atoms with Crippen molar-refractivity contribution in [3.05, 3.63) is 53.7 Å². The summed E-state index contributed by atoms with van der Waals surface area (Å²) in [5, 5.41) is 15.8. The van der Waals surface area contributed by atoms with Crippen LogP contribution in [-0.2, 0) is 9.84 Å². The molecule has 0 aliphatic carbocycles. The minimum atomic E-state index is -3.13. The lowest BCUT2D eigenvalue weighted by atomic mass is 9.92. The normalized spacial score (nSPS) is 22.1. The number of rotatable bonds is 9. The van der Waals surface area contributed by atoms with E-state index in [9.17, 15) is 17.2 Å². The van der Waals surface area contributed by atoms with Crippen LogP contribution in [0.5, 0.6) is 0 Å². The van der Waals surface area contributed by atoms with E-state index in [0.29, 0.717) is 35.9 Å². The van der Waals surface area contributed by atoms with Crippen LogP contribution in [0.2, 0.25) is 0 Å². The van der Waals surface area contributed by atoms with E-state index in [1.54, 1.807) is 18.5 Å². The molecule has 5 N–H and O–H groups in total. The fraction of sp³-hybridized carbons (Fsp3) is 0.429. The number of allylic oxidation sites excluding steroid dienone is 2. The first-order valence-corrected chi connectivity index (χ1v) is 15.5. The Bertz CT molecular complexity index is 1610. The molecule has 2 aromatic heterocycles. The average Bonchev–Trinajstić information content (AvgIpc) is 3.40. The highest BCUT2D eigenvalue weighted by Crippen LogP contribution is 2.38. The maximum Gasteiger partial charge on any atom is 0.258 e. The Labute approximate surface area is 237 Å². The molecule has 10 nitrogen and oxygen atoms in total. The third kappa shape index (κ3) is 6.01. The summed E-state index contributed by atoms with van der Waals surface area (Å²) in [5.74, 6) is 1.40. The van der Waals surface area contributed by atoms with Gasteiger partial charge in [0, 0.05) is 54.1 Å². The number of nitrogens with zero attached hydrogens (tertiary/aromatic N) is 4. The SMILES string of the molecule is CC(C)c1ccc(N2C[C@H](CS(C)(=O)=O)[C@H]2N)c2cnc(Nc3ccnc(/C(C=N)=C4\CC[C@@H](C(F)F)N4)n3)cc12. The Hall–Kier alpha value is -3.71. The van der Waals surface area contributed by atoms with Crippen molar-refractivity contribution < 1.29 is 17.2 Å². The molecule has 2 aliphatic rings. The maximum absolute atomic E-state index is 13.1. The predicted molar refractivity (Wildman–Crippen MR) is 158 cm³/mol. The van der Waals surface area contributed by atoms with Crippen molar-refractivity contribution in [2.75, 3.05) is 28.8 Å². The van der Waals surface area contributed by atoms with Gasteiger partial charge in [-0.05, 0) is 47.9 Å². The van der Waals surface area contributed by atoms with E-state index in [4.69, 9.17) is 11.1 Å². The Kier molecular flexibility index (Phi) is 7.93. The molecule has 41 heavy (non-hydrogen) atoms. The number of halogens is 2. The molecule has 0 bridgehead atoms. The zero-order valence-electron chi connectivity index (χ0n) is 23.1. The van der Waals surface area contributed by atoms with Crippen molar-refractivity contribution in [1.29, 1.82) is 5.41 Å². The molecule has 2 fully saturated rings. The molecule has 2 aliphatic heterocycles. The fourth-order valence-electron chi connectivity index (χ4n) is 5.51.